The molecule has 3 unspecified atom stereocenters. The summed E-state index contributed by atoms with van der Waals surface area (Å²) in [6, 6.07) is 0. The summed E-state index contributed by atoms with van der Waals surface area (Å²) < 4.78 is 4.62. The molecule has 0 spiro atoms. The molecule has 88 valence electrons. The zero-order chi connectivity index (χ0) is 11.3. The second-order valence-corrected chi connectivity index (χ2v) is 5.80. The zero-order valence-corrected chi connectivity index (χ0v) is 10.3. The third-order valence-electron chi connectivity index (χ3n) is 2.76. The average molecular weight is 232 g/mol. The Morgan fingerprint density at radius 3 is 2.80 bits per heavy atom. The molecule has 1 aliphatic carbocycles. The standard InChI is InChI=1S/C11H20O3S/c1-8(7-11(13)14-2)15-10-6-4-3-5-9(10)12/h8-10,12H,3-7H2,1-2H3. The lowest BCUT2D eigenvalue weighted by atomic mass is 9.97. The largest absolute Gasteiger partial charge is 0.469 e. The molecular weight excluding hydrogens is 212 g/mol. The van der Waals surface area contributed by atoms with Gasteiger partial charge < -0.3 is 9.84 Å². The fourth-order valence-corrected chi connectivity index (χ4v) is 3.35. The highest BCUT2D eigenvalue weighted by molar-refractivity contribution is 8.00. The van der Waals surface area contributed by atoms with E-state index < -0.39 is 0 Å². The molecule has 0 aromatic heterocycles. The third-order valence-corrected chi connectivity index (χ3v) is 4.29. The van der Waals surface area contributed by atoms with Crippen LogP contribution in [-0.4, -0.2) is 34.8 Å². The average Bonchev–Trinajstić information content (AvgIpc) is 2.21. The summed E-state index contributed by atoms with van der Waals surface area (Å²) in [5, 5.41) is 10.3. The fraction of sp³-hybridized carbons (Fsp3) is 0.909. The SMILES string of the molecule is COC(=O)CC(C)SC1CCCCC1O. The second kappa shape index (κ2) is 6.38. The molecule has 1 saturated carbocycles. The summed E-state index contributed by atoms with van der Waals surface area (Å²) in [5.41, 5.74) is 0. The lowest BCUT2D eigenvalue weighted by Gasteiger charge is -2.28. The van der Waals surface area contributed by atoms with Gasteiger partial charge in [0.1, 0.15) is 0 Å². The number of rotatable bonds is 4. The van der Waals surface area contributed by atoms with E-state index >= 15 is 0 Å². The van der Waals surface area contributed by atoms with Crippen molar-refractivity contribution in [2.45, 2.75) is 55.6 Å². The Morgan fingerprint density at radius 1 is 1.53 bits per heavy atom. The number of thioether (sulfide) groups is 1. The van der Waals surface area contributed by atoms with Crippen LogP contribution in [0.5, 0.6) is 0 Å². The Hall–Kier alpha value is -0.220. The van der Waals surface area contributed by atoms with Gasteiger partial charge >= 0.3 is 5.97 Å². The van der Waals surface area contributed by atoms with E-state index in [1.54, 1.807) is 11.8 Å². The molecule has 0 aliphatic heterocycles. The van der Waals surface area contributed by atoms with Gasteiger partial charge in [0, 0.05) is 10.5 Å². The molecule has 15 heavy (non-hydrogen) atoms. The molecule has 0 amide bonds. The highest BCUT2D eigenvalue weighted by Crippen LogP contribution is 2.32. The topological polar surface area (TPSA) is 46.5 Å². The normalized spacial score (nSPS) is 28.5. The first kappa shape index (κ1) is 12.8. The monoisotopic (exact) mass is 232 g/mol. The van der Waals surface area contributed by atoms with Crippen molar-refractivity contribution >= 4 is 17.7 Å². The number of aliphatic hydroxyl groups is 1. The molecule has 4 heteroatoms. The molecule has 1 fully saturated rings. The third kappa shape index (κ3) is 4.43. The quantitative estimate of drug-likeness (QED) is 0.753. The van der Waals surface area contributed by atoms with E-state index in [0.717, 1.165) is 19.3 Å². The lowest BCUT2D eigenvalue weighted by molar-refractivity contribution is -0.140. The number of esters is 1. The summed E-state index contributed by atoms with van der Waals surface area (Å²) in [6.45, 7) is 2.02. The molecule has 0 heterocycles. The summed E-state index contributed by atoms with van der Waals surface area (Å²) in [5.74, 6) is -0.166. The van der Waals surface area contributed by atoms with Gasteiger partial charge in [-0.2, -0.15) is 11.8 Å². The van der Waals surface area contributed by atoms with Crippen LogP contribution in [0.15, 0.2) is 0 Å². The van der Waals surface area contributed by atoms with Crippen LogP contribution in [0.25, 0.3) is 0 Å². The Labute approximate surface area is 95.6 Å². The molecule has 3 atom stereocenters. The maximum atomic E-state index is 11.0. The summed E-state index contributed by atoms with van der Waals surface area (Å²) >= 11 is 1.72. The van der Waals surface area contributed by atoms with Crippen molar-refractivity contribution < 1.29 is 14.6 Å². The molecule has 1 aliphatic rings. The minimum Gasteiger partial charge on any atom is -0.469 e. The first-order valence-electron chi connectivity index (χ1n) is 5.54. The predicted molar refractivity (Wildman–Crippen MR) is 61.9 cm³/mol. The zero-order valence-electron chi connectivity index (χ0n) is 9.44. The van der Waals surface area contributed by atoms with Gasteiger partial charge in [-0.1, -0.05) is 19.8 Å². The first-order chi connectivity index (χ1) is 7.13. The van der Waals surface area contributed by atoms with E-state index in [4.69, 9.17) is 0 Å². The molecule has 0 bridgehead atoms. The minimum absolute atomic E-state index is 0.166. The number of hydrogen-bond acceptors (Lipinski definition) is 4. The molecule has 0 radical (unpaired) electrons. The molecule has 1 rings (SSSR count). The van der Waals surface area contributed by atoms with E-state index in [9.17, 15) is 9.90 Å². The molecular formula is C11H20O3S. The van der Waals surface area contributed by atoms with Gasteiger partial charge in [0.25, 0.3) is 0 Å². The van der Waals surface area contributed by atoms with Gasteiger partial charge in [-0.15, -0.1) is 0 Å². The van der Waals surface area contributed by atoms with Crippen molar-refractivity contribution in [3.05, 3.63) is 0 Å². The maximum Gasteiger partial charge on any atom is 0.306 e. The van der Waals surface area contributed by atoms with Crippen molar-refractivity contribution in [3.63, 3.8) is 0 Å². The van der Waals surface area contributed by atoms with E-state index in [1.165, 1.54) is 13.5 Å². The number of aliphatic hydroxyl groups excluding tert-OH is 1. The van der Waals surface area contributed by atoms with Crippen LogP contribution in [0, 0.1) is 0 Å². The van der Waals surface area contributed by atoms with Crippen molar-refractivity contribution in [3.8, 4) is 0 Å². The van der Waals surface area contributed by atoms with E-state index in [1.807, 2.05) is 6.92 Å². The Morgan fingerprint density at radius 2 is 2.20 bits per heavy atom. The van der Waals surface area contributed by atoms with Crippen LogP contribution in [-0.2, 0) is 9.53 Å². The van der Waals surface area contributed by atoms with Gasteiger partial charge in [-0.25, -0.2) is 0 Å². The van der Waals surface area contributed by atoms with Crippen LogP contribution >= 0.6 is 11.8 Å². The second-order valence-electron chi connectivity index (χ2n) is 4.12. The maximum absolute atomic E-state index is 11.0. The van der Waals surface area contributed by atoms with Crippen LogP contribution in [0.2, 0.25) is 0 Å². The van der Waals surface area contributed by atoms with Crippen LogP contribution in [0.3, 0.4) is 0 Å². The Balaban J connectivity index is 2.29. The van der Waals surface area contributed by atoms with Gasteiger partial charge in [0.15, 0.2) is 0 Å². The lowest BCUT2D eigenvalue weighted by Crippen LogP contribution is -2.28. The number of carbonyl (C=O) groups excluding carboxylic acids is 1. The smallest absolute Gasteiger partial charge is 0.306 e. The summed E-state index contributed by atoms with van der Waals surface area (Å²) in [6.07, 6.45) is 4.54. The number of carbonyl (C=O) groups is 1. The van der Waals surface area contributed by atoms with Gasteiger partial charge in [0.2, 0.25) is 0 Å². The number of hydrogen-bond donors (Lipinski definition) is 1. The Bertz CT molecular complexity index is 208. The summed E-state index contributed by atoms with van der Waals surface area (Å²) in [4.78, 5) is 11.0. The molecule has 0 saturated heterocycles. The fourth-order valence-electron chi connectivity index (χ4n) is 1.90. The van der Waals surface area contributed by atoms with Gasteiger partial charge in [-0.05, 0) is 12.8 Å². The van der Waals surface area contributed by atoms with Crippen LogP contribution in [0.1, 0.15) is 39.0 Å². The van der Waals surface area contributed by atoms with Gasteiger partial charge in [0.05, 0.1) is 19.6 Å². The highest BCUT2D eigenvalue weighted by Gasteiger charge is 2.25. The molecule has 1 N–H and O–H groups in total. The Kier molecular flexibility index (Phi) is 5.47. The van der Waals surface area contributed by atoms with Crippen LogP contribution in [0.4, 0.5) is 0 Å². The number of ether oxygens (including phenoxy) is 1. The van der Waals surface area contributed by atoms with E-state index in [2.05, 4.69) is 4.74 Å². The van der Waals surface area contributed by atoms with Crippen LogP contribution < -0.4 is 0 Å². The molecule has 0 aromatic carbocycles. The summed E-state index contributed by atoms with van der Waals surface area (Å²) in [7, 11) is 1.41. The molecule has 0 aromatic rings. The van der Waals surface area contributed by atoms with Crippen molar-refractivity contribution in [1.29, 1.82) is 0 Å². The van der Waals surface area contributed by atoms with Gasteiger partial charge in [-0.3, -0.25) is 4.79 Å². The first-order valence-corrected chi connectivity index (χ1v) is 6.48. The highest BCUT2D eigenvalue weighted by atomic mass is 32.2. The van der Waals surface area contributed by atoms with E-state index in [-0.39, 0.29) is 17.3 Å². The van der Waals surface area contributed by atoms with Crippen molar-refractivity contribution in [1.82, 2.24) is 0 Å². The van der Waals surface area contributed by atoms with Crippen molar-refractivity contribution in [2.24, 2.45) is 0 Å². The number of methoxy groups -OCH3 is 1. The molecule has 3 nitrogen and oxygen atoms in total. The minimum atomic E-state index is -0.191. The predicted octanol–water partition coefficient (Wildman–Crippen LogP) is 1.97. The van der Waals surface area contributed by atoms with Crippen molar-refractivity contribution in [2.75, 3.05) is 7.11 Å². The van der Waals surface area contributed by atoms with E-state index in [0.29, 0.717) is 11.7 Å².